The molecule has 0 radical (unpaired) electrons. The number of nitrogens with two attached hydrogens (primary N) is 1. The molecule has 3 N–H and O–H groups in total. The summed E-state index contributed by atoms with van der Waals surface area (Å²) >= 11 is 0. The lowest BCUT2D eigenvalue weighted by molar-refractivity contribution is -0.0866. The van der Waals surface area contributed by atoms with Crippen LogP contribution in [0.25, 0.3) is 0 Å². The van der Waals surface area contributed by atoms with Crippen LogP contribution < -0.4 is 5.73 Å². The molecule has 6 heteroatoms. The van der Waals surface area contributed by atoms with E-state index in [0.29, 0.717) is 19.7 Å². The number of fused-ring (bicyclic) bond motifs is 1. The third kappa shape index (κ3) is 2.57. The van der Waals surface area contributed by atoms with E-state index in [-0.39, 0.29) is 12.1 Å². The molecule has 2 aliphatic rings. The molecule has 2 atom stereocenters. The van der Waals surface area contributed by atoms with E-state index in [1.54, 1.807) is 0 Å². The van der Waals surface area contributed by atoms with Crippen LogP contribution in [0, 0.1) is 0 Å². The Morgan fingerprint density at radius 2 is 2.20 bits per heavy atom. The van der Waals surface area contributed by atoms with Crippen LogP contribution in [0.1, 0.15) is 11.7 Å². The molecule has 1 aromatic rings. The van der Waals surface area contributed by atoms with Crippen molar-refractivity contribution >= 4 is 11.8 Å². The molecule has 1 amide bonds. The second-order valence-corrected chi connectivity index (χ2v) is 5.37. The van der Waals surface area contributed by atoms with Crippen molar-refractivity contribution in [2.45, 2.75) is 12.1 Å². The summed E-state index contributed by atoms with van der Waals surface area (Å²) in [6.45, 7) is 3.21. The van der Waals surface area contributed by atoms with Gasteiger partial charge < -0.3 is 20.5 Å². The summed E-state index contributed by atoms with van der Waals surface area (Å²) in [5, 5.41) is 9.04. The smallest absolute Gasteiger partial charge is 0.407 e. The second-order valence-electron chi connectivity index (χ2n) is 5.37. The molecule has 1 aromatic carbocycles. The van der Waals surface area contributed by atoms with Gasteiger partial charge in [0.1, 0.15) is 0 Å². The van der Waals surface area contributed by atoms with Crippen LogP contribution in [0.5, 0.6) is 0 Å². The Labute approximate surface area is 117 Å². The first-order valence-electron chi connectivity index (χ1n) is 6.82. The summed E-state index contributed by atoms with van der Waals surface area (Å²) in [5.41, 5.74) is 7.63. The zero-order chi connectivity index (χ0) is 14.1. The van der Waals surface area contributed by atoms with Crippen molar-refractivity contribution in [2.24, 2.45) is 0 Å². The van der Waals surface area contributed by atoms with E-state index in [1.807, 2.05) is 24.3 Å². The van der Waals surface area contributed by atoms with Gasteiger partial charge in [0.25, 0.3) is 0 Å². The Morgan fingerprint density at radius 1 is 1.35 bits per heavy atom. The Kier molecular flexibility index (Phi) is 3.50. The van der Waals surface area contributed by atoms with Crippen LogP contribution in [0.3, 0.4) is 0 Å². The van der Waals surface area contributed by atoms with E-state index in [2.05, 4.69) is 4.90 Å². The van der Waals surface area contributed by atoms with Gasteiger partial charge in [-0.1, -0.05) is 12.1 Å². The van der Waals surface area contributed by atoms with Gasteiger partial charge in [0.15, 0.2) is 0 Å². The molecule has 0 saturated carbocycles. The summed E-state index contributed by atoms with van der Waals surface area (Å²) in [4.78, 5) is 14.8. The minimum atomic E-state index is -0.845. The number of benzene rings is 1. The molecule has 0 bridgehead atoms. The van der Waals surface area contributed by atoms with Crippen molar-refractivity contribution < 1.29 is 14.6 Å². The number of carbonyl (C=O) groups is 1. The molecule has 2 heterocycles. The maximum Gasteiger partial charge on any atom is 0.407 e. The van der Waals surface area contributed by atoms with Crippen LogP contribution in [0.4, 0.5) is 10.5 Å². The number of carboxylic acid groups (broad SMARTS) is 1. The van der Waals surface area contributed by atoms with Gasteiger partial charge >= 0.3 is 6.09 Å². The minimum Gasteiger partial charge on any atom is -0.465 e. The van der Waals surface area contributed by atoms with Gasteiger partial charge in [0.05, 0.1) is 18.8 Å². The van der Waals surface area contributed by atoms with Crippen LogP contribution in [0.15, 0.2) is 24.3 Å². The van der Waals surface area contributed by atoms with Crippen LogP contribution in [-0.2, 0) is 4.74 Å². The highest BCUT2D eigenvalue weighted by molar-refractivity contribution is 5.65. The van der Waals surface area contributed by atoms with Gasteiger partial charge in [-0.15, -0.1) is 0 Å². The van der Waals surface area contributed by atoms with Crippen molar-refractivity contribution in [1.82, 2.24) is 9.80 Å². The number of nitrogens with zero attached hydrogens (tertiary/aromatic N) is 2. The van der Waals surface area contributed by atoms with Gasteiger partial charge in [-0.05, 0) is 17.7 Å². The Balaban J connectivity index is 1.67. The topological polar surface area (TPSA) is 79.0 Å². The lowest BCUT2D eigenvalue weighted by atomic mass is 10.0. The SMILES string of the molecule is Nc1cccc(C2CN3CCN(C(=O)O)CC3CO2)c1. The van der Waals surface area contributed by atoms with E-state index in [4.69, 9.17) is 15.6 Å². The van der Waals surface area contributed by atoms with Crippen molar-refractivity contribution in [3.8, 4) is 0 Å². The summed E-state index contributed by atoms with van der Waals surface area (Å²) < 4.78 is 5.90. The van der Waals surface area contributed by atoms with Crippen LogP contribution in [0.2, 0.25) is 0 Å². The molecule has 2 unspecified atom stereocenters. The van der Waals surface area contributed by atoms with E-state index < -0.39 is 6.09 Å². The predicted molar refractivity (Wildman–Crippen MR) is 74.5 cm³/mol. The molecule has 2 fully saturated rings. The zero-order valence-electron chi connectivity index (χ0n) is 11.2. The number of hydrogen-bond acceptors (Lipinski definition) is 4. The Hall–Kier alpha value is -1.79. The van der Waals surface area contributed by atoms with Crippen LogP contribution >= 0.6 is 0 Å². The summed E-state index contributed by atoms with van der Waals surface area (Å²) in [6.07, 6.45) is -0.825. The zero-order valence-corrected chi connectivity index (χ0v) is 11.2. The van der Waals surface area contributed by atoms with E-state index in [9.17, 15) is 4.79 Å². The van der Waals surface area contributed by atoms with Crippen molar-refractivity contribution in [3.63, 3.8) is 0 Å². The summed E-state index contributed by atoms with van der Waals surface area (Å²) in [6, 6.07) is 7.92. The molecule has 2 saturated heterocycles. The number of anilines is 1. The second kappa shape index (κ2) is 5.30. The lowest BCUT2D eigenvalue weighted by Crippen LogP contribution is -2.59. The van der Waals surface area contributed by atoms with Gasteiger partial charge in [-0.3, -0.25) is 4.90 Å². The fourth-order valence-corrected chi connectivity index (χ4v) is 2.92. The van der Waals surface area contributed by atoms with Crippen LogP contribution in [-0.4, -0.2) is 59.8 Å². The number of hydrogen-bond donors (Lipinski definition) is 2. The number of rotatable bonds is 1. The highest BCUT2D eigenvalue weighted by Crippen LogP contribution is 2.27. The Morgan fingerprint density at radius 3 is 2.95 bits per heavy atom. The quantitative estimate of drug-likeness (QED) is 0.749. The maximum absolute atomic E-state index is 11.0. The minimum absolute atomic E-state index is 0.0196. The molecular weight excluding hydrogens is 258 g/mol. The molecule has 2 aliphatic heterocycles. The first kappa shape index (κ1) is 13.2. The van der Waals surface area contributed by atoms with Gasteiger partial charge in [0, 0.05) is 31.9 Å². The largest absolute Gasteiger partial charge is 0.465 e. The molecule has 6 nitrogen and oxygen atoms in total. The van der Waals surface area contributed by atoms with Crippen molar-refractivity contribution in [2.75, 3.05) is 38.5 Å². The predicted octanol–water partition coefficient (Wildman–Crippen LogP) is 1.00. The van der Waals surface area contributed by atoms with E-state index in [0.717, 1.165) is 24.3 Å². The third-order valence-electron chi connectivity index (χ3n) is 4.05. The lowest BCUT2D eigenvalue weighted by Gasteiger charge is -2.45. The van der Waals surface area contributed by atoms with E-state index in [1.165, 1.54) is 4.90 Å². The monoisotopic (exact) mass is 277 g/mol. The molecular formula is C14H19N3O3. The molecule has 3 rings (SSSR count). The number of amides is 1. The average molecular weight is 277 g/mol. The third-order valence-corrected chi connectivity index (χ3v) is 4.05. The number of ether oxygens (including phenoxy) is 1. The van der Waals surface area contributed by atoms with Crippen molar-refractivity contribution in [1.29, 1.82) is 0 Å². The number of nitrogen functional groups attached to an aromatic ring is 1. The molecule has 20 heavy (non-hydrogen) atoms. The molecule has 0 aliphatic carbocycles. The highest BCUT2D eigenvalue weighted by Gasteiger charge is 2.35. The number of piperazine rings is 1. The first-order valence-corrected chi connectivity index (χ1v) is 6.82. The fourth-order valence-electron chi connectivity index (χ4n) is 2.92. The average Bonchev–Trinajstić information content (AvgIpc) is 2.46. The summed E-state index contributed by atoms with van der Waals surface area (Å²) in [7, 11) is 0. The van der Waals surface area contributed by atoms with Gasteiger partial charge in [0.2, 0.25) is 0 Å². The normalized spacial score (nSPS) is 27.1. The van der Waals surface area contributed by atoms with Gasteiger partial charge in [-0.2, -0.15) is 0 Å². The van der Waals surface area contributed by atoms with Crippen molar-refractivity contribution in [3.05, 3.63) is 29.8 Å². The molecule has 0 spiro atoms. The molecule has 108 valence electrons. The standard InChI is InChI=1S/C14H19N3O3/c15-11-3-1-2-10(6-11)13-8-16-4-5-17(14(18)19)7-12(16)9-20-13/h1-3,6,12-13H,4-5,7-9,15H2,(H,18,19). The Bertz CT molecular complexity index is 508. The maximum atomic E-state index is 11.0. The summed E-state index contributed by atoms with van der Waals surface area (Å²) in [5.74, 6) is 0. The first-order chi connectivity index (χ1) is 9.63. The highest BCUT2D eigenvalue weighted by atomic mass is 16.5. The van der Waals surface area contributed by atoms with E-state index >= 15 is 0 Å². The van der Waals surface area contributed by atoms with Gasteiger partial charge in [-0.25, -0.2) is 4.79 Å². The fraction of sp³-hybridized carbons (Fsp3) is 0.500. The number of morpholine rings is 1. The molecule has 0 aromatic heterocycles.